The topological polar surface area (TPSA) is 53.9 Å². The van der Waals surface area contributed by atoms with Gasteiger partial charge < -0.3 is 10.2 Å². The zero-order chi connectivity index (χ0) is 15.5. The molecule has 0 saturated heterocycles. The van der Waals surface area contributed by atoms with Gasteiger partial charge in [-0.05, 0) is 30.9 Å². The molecule has 0 saturated carbocycles. The number of aromatic nitrogens is 3. The van der Waals surface area contributed by atoms with Gasteiger partial charge in [-0.2, -0.15) is 15.0 Å². The van der Waals surface area contributed by atoms with Gasteiger partial charge in [-0.15, -0.1) is 0 Å². The van der Waals surface area contributed by atoms with Crippen molar-refractivity contribution in [1.29, 1.82) is 0 Å². The van der Waals surface area contributed by atoms with Crippen LogP contribution >= 0.6 is 11.6 Å². The van der Waals surface area contributed by atoms with Gasteiger partial charge in [-0.25, -0.2) is 0 Å². The van der Waals surface area contributed by atoms with Crippen LogP contribution in [0.25, 0.3) is 0 Å². The molecule has 0 amide bonds. The molecule has 6 heteroatoms. The number of hydrogen-bond donors (Lipinski definition) is 1. The molecule has 0 bridgehead atoms. The molecule has 5 nitrogen and oxygen atoms in total. The molecule has 1 aromatic heterocycles. The Bertz CT molecular complexity index is 392. The van der Waals surface area contributed by atoms with E-state index in [1.54, 1.807) is 0 Å². The Morgan fingerprint density at radius 3 is 2.10 bits per heavy atom. The van der Waals surface area contributed by atoms with E-state index in [1.807, 2.05) is 0 Å². The minimum atomic E-state index is 0.261. The molecule has 120 valence electrons. The molecular weight excluding hydrogens is 286 g/mol. The summed E-state index contributed by atoms with van der Waals surface area (Å²) in [6, 6.07) is 0. The summed E-state index contributed by atoms with van der Waals surface area (Å²) in [6.07, 6.45) is 6.80. The molecule has 1 rings (SSSR count). The van der Waals surface area contributed by atoms with E-state index in [9.17, 15) is 0 Å². The van der Waals surface area contributed by atoms with Crippen LogP contribution in [0, 0.1) is 0 Å². The first kappa shape index (κ1) is 18.0. The molecule has 0 spiro atoms. The molecule has 0 aromatic carbocycles. The van der Waals surface area contributed by atoms with E-state index in [0.717, 1.165) is 58.2 Å². The van der Waals surface area contributed by atoms with Crippen LogP contribution in [0.3, 0.4) is 0 Å². The third-order valence-corrected chi connectivity index (χ3v) is 3.42. The van der Waals surface area contributed by atoms with Crippen molar-refractivity contribution in [3.05, 3.63) is 5.28 Å². The molecule has 1 aromatic rings. The number of nitrogens with one attached hydrogen (secondary N) is 1. The molecule has 0 aliphatic heterocycles. The fourth-order valence-electron chi connectivity index (χ4n) is 1.95. The normalized spacial score (nSPS) is 10.7. The number of nitrogens with zero attached hydrogens (tertiary/aromatic N) is 4. The fourth-order valence-corrected chi connectivity index (χ4v) is 2.10. The molecule has 0 fully saturated rings. The van der Waals surface area contributed by atoms with Gasteiger partial charge in [0, 0.05) is 19.6 Å². The summed E-state index contributed by atoms with van der Waals surface area (Å²) in [5, 5.41) is 3.48. The van der Waals surface area contributed by atoms with E-state index in [1.165, 1.54) is 0 Å². The lowest BCUT2D eigenvalue weighted by Crippen LogP contribution is -2.28. The van der Waals surface area contributed by atoms with Crippen molar-refractivity contribution in [2.45, 2.75) is 59.3 Å². The number of anilines is 2. The second-order valence-electron chi connectivity index (χ2n) is 5.20. The first-order valence-corrected chi connectivity index (χ1v) is 8.49. The third-order valence-electron chi connectivity index (χ3n) is 3.26. The molecule has 0 aliphatic carbocycles. The van der Waals surface area contributed by atoms with Gasteiger partial charge in [0.1, 0.15) is 0 Å². The Morgan fingerprint density at radius 2 is 1.52 bits per heavy atom. The van der Waals surface area contributed by atoms with Crippen LogP contribution in [0.5, 0.6) is 0 Å². The van der Waals surface area contributed by atoms with E-state index in [4.69, 9.17) is 11.6 Å². The molecule has 0 radical (unpaired) electrons. The maximum atomic E-state index is 6.05. The van der Waals surface area contributed by atoms with Gasteiger partial charge >= 0.3 is 0 Å². The summed E-state index contributed by atoms with van der Waals surface area (Å²) in [6.45, 7) is 9.33. The summed E-state index contributed by atoms with van der Waals surface area (Å²) in [5.41, 5.74) is 0. The average molecular weight is 314 g/mol. The zero-order valence-corrected chi connectivity index (χ0v) is 14.3. The second kappa shape index (κ2) is 10.6. The monoisotopic (exact) mass is 313 g/mol. The highest BCUT2D eigenvalue weighted by molar-refractivity contribution is 6.28. The first-order valence-electron chi connectivity index (χ1n) is 8.11. The summed E-state index contributed by atoms with van der Waals surface area (Å²) in [7, 11) is 0. The lowest BCUT2D eigenvalue weighted by molar-refractivity contribution is 0.661. The largest absolute Gasteiger partial charge is 0.354 e. The highest BCUT2D eigenvalue weighted by Gasteiger charge is 2.12. The van der Waals surface area contributed by atoms with Crippen molar-refractivity contribution in [1.82, 2.24) is 15.0 Å². The predicted octanol–water partition coefficient (Wildman–Crippen LogP) is 4.14. The van der Waals surface area contributed by atoms with Crippen LogP contribution in [0.1, 0.15) is 59.3 Å². The minimum absolute atomic E-state index is 0.261. The smallest absolute Gasteiger partial charge is 0.231 e. The van der Waals surface area contributed by atoms with Crippen LogP contribution in [-0.2, 0) is 0 Å². The van der Waals surface area contributed by atoms with Crippen LogP contribution in [0.15, 0.2) is 0 Å². The Labute approximate surface area is 133 Å². The van der Waals surface area contributed by atoms with E-state index >= 15 is 0 Å². The van der Waals surface area contributed by atoms with Crippen molar-refractivity contribution in [3.63, 3.8) is 0 Å². The van der Waals surface area contributed by atoms with Gasteiger partial charge in [0.25, 0.3) is 0 Å². The SMILES string of the molecule is CCCCNc1nc(Cl)nc(N(CCCC)CCCC)n1. The summed E-state index contributed by atoms with van der Waals surface area (Å²) >= 11 is 6.05. The van der Waals surface area contributed by atoms with Gasteiger partial charge in [0.15, 0.2) is 0 Å². The van der Waals surface area contributed by atoms with E-state index < -0.39 is 0 Å². The summed E-state index contributed by atoms with van der Waals surface area (Å²) < 4.78 is 0. The number of hydrogen-bond acceptors (Lipinski definition) is 5. The van der Waals surface area contributed by atoms with Gasteiger partial charge in [0.05, 0.1) is 0 Å². The van der Waals surface area contributed by atoms with Gasteiger partial charge in [-0.3, -0.25) is 0 Å². The number of halogens is 1. The van der Waals surface area contributed by atoms with Crippen molar-refractivity contribution in [3.8, 4) is 0 Å². The molecule has 21 heavy (non-hydrogen) atoms. The Balaban J connectivity index is 2.79. The van der Waals surface area contributed by atoms with E-state index in [0.29, 0.717) is 11.9 Å². The molecule has 0 unspecified atom stereocenters. The van der Waals surface area contributed by atoms with Gasteiger partial charge in [-0.1, -0.05) is 40.0 Å². The van der Waals surface area contributed by atoms with Crippen molar-refractivity contribution < 1.29 is 0 Å². The highest BCUT2D eigenvalue weighted by atomic mass is 35.5. The fraction of sp³-hybridized carbons (Fsp3) is 0.800. The molecule has 0 aliphatic rings. The molecular formula is C15H28ClN5. The minimum Gasteiger partial charge on any atom is -0.354 e. The van der Waals surface area contributed by atoms with Gasteiger partial charge in [0.2, 0.25) is 17.2 Å². The zero-order valence-electron chi connectivity index (χ0n) is 13.5. The summed E-state index contributed by atoms with van der Waals surface area (Å²) in [4.78, 5) is 15.2. The van der Waals surface area contributed by atoms with Crippen LogP contribution in [0.2, 0.25) is 5.28 Å². The number of unbranched alkanes of at least 4 members (excludes halogenated alkanes) is 3. The first-order chi connectivity index (χ1) is 10.2. The van der Waals surface area contributed by atoms with Crippen LogP contribution < -0.4 is 10.2 Å². The molecule has 0 atom stereocenters. The average Bonchev–Trinajstić information content (AvgIpc) is 2.47. The highest BCUT2D eigenvalue weighted by Crippen LogP contribution is 2.15. The number of rotatable bonds is 11. The maximum absolute atomic E-state index is 6.05. The van der Waals surface area contributed by atoms with Crippen molar-refractivity contribution >= 4 is 23.5 Å². The standard InChI is InChI=1S/C15H28ClN5/c1-4-7-10-17-14-18-13(16)19-15(20-14)21(11-8-5-2)12-9-6-3/h4-12H2,1-3H3,(H,17,18,19,20). The summed E-state index contributed by atoms with van der Waals surface area (Å²) in [5.74, 6) is 1.27. The third kappa shape index (κ3) is 6.93. The lowest BCUT2D eigenvalue weighted by Gasteiger charge is -2.22. The maximum Gasteiger partial charge on any atom is 0.231 e. The van der Waals surface area contributed by atoms with Crippen LogP contribution in [0.4, 0.5) is 11.9 Å². The second-order valence-corrected chi connectivity index (χ2v) is 5.54. The van der Waals surface area contributed by atoms with Crippen molar-refractivity contribution in [2.24, 2.45) is 0 Å². The quantitative estimate of drug-likeness (QED) is 0.622. The van der Waals surface area contributed by atoms with E-state index in [2.05, 4.69) is 45.9 Å². The Morgan fingerprint density at radius 1 is 0.905 bits per heavy atom. The molecule has 1 N–H and O–H groups in total. The predicted molar refractivity (Wildman–Crippen MR) is 90.3 cm³/mol. The molecule has 1 heterocycles. The Hall–Kier alpha value is -1.10. The lowest BCUT2D eigenvalue weighted by atomic mass is 10.3. The Kier molecular flexibility index (Phi) is 9.06. The van der Waals surface area contributed by atoms with Crippen molar-refractivity contribution in [2.75, 3.05) is 29.9 Å². The van der Waals surface area contributed by atoms with Crippen LogP contribution in [-0.4, -0.2) is 34.6 Å². The van der Waals surface area contributed by atoms with E-state index in [-0.39, 0.29) is 5.28 Å².